The Bertz CT molecular complexity index is 602. The second kappa shape index (κ2) is 6.70. The Hall–Kier alpha value is -1.62. The molecule has 0 saturated heterocycles. The van der Waals surface area contributed by atoms with E-state index in [2.05, 4.69) is 38.1 Å². The Kier molecular flexibility index (Phi) is 4.95. The summed E-state index contributed by atoms with van der Waals surface area (Å²) in [6, 6.07) is 6.00. The highest BCUT2D eigenvalue weighted by molar-refractivity contribution is 9.10. The number of ether oxygens (including phenoxy) is 1. The molecule has 0 fully saturated rings. The van der Waals surface area contributed by atoms with E-state index in [9.17, 15) is 0 Å². The monoisotopic (exact) mass is 335 g/mol. The molecule has 1 aromatic heterocycles. The summed E-state index contributed by atoms with van der Waals surface area (Å²) in [5.74, 6) is 2.25. The second-order valence-electron chi connectivity index (χ2n) is 4.52. The average molecular weight is 336 g/mol. The van der Waals surface area contributed by atoms with Gasteiger partial charge in [0.1, 0.15) is 11.6 Å². The highest BCUT2D eigenvalue weighted by Crippen LogP contribution is 2.30. The van der Waals surface area contributed by atoms with Gasteiger partial charge in [-0.05, 0) is 47.0 Å². The van der Waals surface area contributed by atoms with Crippen LogP contribution in [0.4, 0.5) is 5.82 Å². The minimum atomic E-state index is 0.656. The number of rotatable bonds is 5. The van der Waals surface area contributed by atoms with Gasteiger partial charge in [-0.1, -0.05) is 13.0 Å². The summed E-state index contributed by atoms with van der Waals surface area (Å²) in [4.78, 5) is 8.95. The third-order valence-electron chi connectivity index (χ3n) is 2.88. The zero-order valence-corrected chi connectivity index (χ0v) is 13.5. The molecule has 4 nitrogen and oxygen atoms in total. The summed E-state index contributed by atoms with van der Waals surface area (Å²) >= 11 is 3.46. The fraction of sp³-hybridized carbons (Fsp3) is 0.333. The molecule has 0 aliphatic carbocycles. The number of methoxy groups -OCH3 is 1. The molecule has 106 valence electrons. The average Bonchev–Trinajstić information content (AvgIpc) is 2.46. The van der Waals surface area contributed by atoms with Gasteiger partial charge in [-0.2, -0.15) is 0 Å². The van der Waals surface area contributed by atoms with Crippen LogP contribution >= 0.6 is 15.9 Å². The van der Waals surface area contributed by atoms with E-state index in [1.165, 1.54) is 0 Å². The van der Waals surface area contributed by atoms with Gasteiger partial charge in [0.05, 0.1) is 17.1 Å². The fourth-order valence-electron chi connectivity index (χ4n) is 1.85. The predicted molar refractivity (Wildman–Crippen MR) is 85.2 cm³/mol. The van der Waals surface area contributed by atoms with E-state index in [1.54, 1.807) is 13.3 Å². The van der Waals surface area contributed by atoms with Gasteiger partial charge < -0.3 is 10.1 Å². The van der Waals surface area contributed by atoms with Crippen molar-refractivity contribution in [2.24, 2.45) is 0 Å². The first-order valence-electron chi connectivity index (χ1n) is 6.57. The molecule has 0 saturated carbocycles. The quantitative estimate of drug-likeness (QED) is 0.895. The number of aryl methyl sites for hydroxylation is 1. The van der Waals surface area contributed by atoms with Gasteiger partial charge in [0.25, 0.3) is 0 Å². The van der Waals surface area contributed by atoms with Crippen LogP contribution in [0, 0.1) is 6.92 Å². The third-order valence-corrected chi connectivity index (χ3v) is 3.46. The van der Waals surface area contributed by atoms with Crippen LogP contribution < -0.4 is 10.1 Å². The molecular weight excluding hydrogens is 318 g/mol. The van der Waals surface area contributed by atoms with Gasteiger partial charge in [-0.15, -0.1) is 0 Å². The van der Waals surface area contributed by atoms with E-state index in [1.807, 2.05) is 25.1 Å². The molecule has 2 aromatic rings. The maximum Gasteiger partial charge on any atom is 0.165 e. The largest absolute Gasteiger partial charge is 0.496 e. The van der Waals surface area contributed by atoms with Crippen molar-refractivity contribution < 1.29 is 4.74 Å². The maximum absolute atomic E-state index is 5.42. The molecule has 20 heavy (non-hydrogen) atoms. The summed E-state index contributed by atoms with van der Waals surface area (Å²) in [5, 5.41) is 3.28. The SMILES string of the molecule is CCCNc1nc(-c2ccc(C)cc2OC)ncc1Br. The lowest BCUT2D eigenvalue weighted by Crippen LogP contribution is -2.04. The summed E-state index contributed by atoms with van der Waals surface area (Å²) in [5.41, 5.74) is 2.04. The molecule has 0 bridgehead atoms. The van der Waals surface area contributed by atoms with Crippen LogP contribution in [0.5, 0.6) is 5.75 Å². The number of hydrogen-bond acceptors (Lipinski definition) is 4. The normalized spacial score (nSPS) is 10.4. The van der Waals surface area contributed by atoms with Crippen LogP contribution in [-0.2, 0) is 0 Å². The zero-order chi connectivity index (χ0) is 14.5. The van der Waals surface area contributed by atoms with Crippen molar-refractivity contribution in [3.63, 3.8) is 0 Å². The fourth-order valence-corrected chi connectivity index (χ4v) is 2.18. The van der Waals surface area contributed by atoms with Crippen LogP contribution in [0.2, 0.25) is 0 Å². The predicted octanol–water partition coefficient (Wildman–Crippen LogP) is 4.05. The van der Waals surface area contributed by atoms with Gasteiger partial charge in [-0.25, -0.2) is 9.97 Å². The van der Waals surface area contributed by atoms with Crippen molar-refractivity contribution in [1.29, 1.82) is 0 Å². The molecular formula is C15H18BrN3O. The lowest BCUT2D eigenvalue weighted by atomic mass is 10.1. The van der Waals surface area contributed by atoms with Crippen molar-refractivity contribution in [3.05, 3.63) is 34.4 Å². The van der Waals surface area contributed by atoms with Gasteiger partial charge >= 0.3 is 0 Å². The Morgan fingerprint density at radius 2 is 2.15 bits per heavy atom. The molecule has 0 aliphatic rings. The van der Waals surface area contributed by atoms with Crippen molar-refractivity contribution in [2.45, 2.75) is 20.3 Å². The van der Waals surface area contributed by atoms with Crippen LogP contribution in [0.3, 0.4) is 0 Å². The topological polar surface area (TPSA) is 47.0 Å². The third kappa shape index (κ3) is 3.28. The first-order chi connectivity index (χ1) is 9.65. The highest BCUT2D eigenvalue weighted by Gasteiger charge is 2.11. The molecule has 0 unspecified atom stereocenters. The van der Waals surface area contributed by atoms with E-state index < -0.39 is 0 Å². The molecule has 5 heteroatoms. The van der Waals surface area contributed by atoms with Crippen LogP contribution in [0.1, 0.15) is 18.9 Å². The molecule has 0 amide bonds. The van der Waals surface area contributed by atoms with E-state index in [4.69, 9.17) is 4.74 Å². The van der Waals surface area contributed by atoms with Crippen LogP contribution in [0.25, 0.3) is 11.4 Å². The molecule has 0 spiro atoms. The molecule has 0 aliphatic heterocycles. The number of aromatic nitrogens is 2. The lowest BCUT2D eigenvalue weighted by molar-refractivity contribution is 0.416. The zero-order valence-electron chi connectivity index (χ0n) is 11.9. The minimum Gasteiger partial charge on any atom is -0.496 e. The summed E-state index contributed by atoms with van der Waals surface area (Å²) in [6.45, 7) is 5.02. The van der Waals surface area contributed by atoms with E-state index in [0.717, 1.165) is 40.1 Å². The number of nitrogens with one attached hydrogen (secondary N) is 1. The van der Waals surface area contributed by atoms with Crippen LogP contribution in [-0.4, -0.2) is 23.6 Å². The smallest absolute Gasteiger partial charge is 0.165 e. The Balaban J connectivity index is 2.42. The highest BCUT2D eigenvalue weighted by atomic mass is 79.9. The first kappa shape index (κ1) is 14.8. The number of anilines is 1. The molecule has 0 atom stereocenters. The lowest BCUT2D eigenvalue weighted by Gasteiger charge is -2.11. The number of halogens is 1. The van der Waals surface area contributed by atoms with E-state index in [-0.39, 0.29) is 0 Å². The molecule has 2 rings (SSSR count). The van der Waals surface area contributed by atoms with E-state index >= 15 is 0 Å². The van der Waals surface area contributed by atoms with Gasteiger partial charge in [0, 0.05) is 12.7 Å². The number of hydrogen-bond donors (Lipinski definition) is 1. The molecule has 1 aromatic carbocycles. The van der Waals surface area contributed by atoms with Gasteiger partial charge in [0.15, 0.2) is 5.82 Å². The van der Waals surface area contributed by atoms with Crippen molar-refractivity contribution in [3.8, 4) is 17.1 Å². The Morgan fingerprint density at radius 1 is 1.35 bits per heavy atom. The summed E-state index contributed by atoms with van der Waals surface area (Å²) < 4.78 is 6.28. The molecule has 1 heterocycles. The summed E-state index contributed by atoms with van der Waals surface area (Å²) in [7, 11) is 1.66. The van der Waals surface area contributed by atoms with Crippen molar-refractivity contribution in [2.75, 3.05) is 19.0 Å². The van der Waals surface area contributed by atoms with Gasteiger partial charge in [0.2, 0.25) is 0 Å². The standard InChI is InChI=1S/C15H18BrN3O/c1-4-7-17-15-12(16)9-18-14(19-15)11-6-5-10(2)8-13(11)20-3/h5-6,8-9H,4,7H2,1-3H3,(H,17,18,19). The Morgan fingerprint density at radius 3 is 2.85 bits per heavy atom. The number of nitrogens with zero attached hydrogens (tertiary/aromatic N) is 2. The minimum absolute atomic E-state index is 0.656. The van der Waals surface area contributed by atoms with Gasteiger partial charge in [-0.3, -0.25) is 0 Å². The molecule has 0 radical (unpaired) electrons. The number of benzene rings is 1. The first-order valence-corrected chi connectivity index (χ1v) is 7.36. The van der Waals surface area contributed by atoms with Crippen molar-refractivity contribution in [1.82, 2.24) is 9.97 Å². The van der Waals surface area contributed by atoms with Crippen LogP contribution in [0.15, 0.2) is 28.9 Å². The Labute approximate surface area is 127 Å². The van der Waals surface area contributed by atoms with Crippen molar-refractivity contribution >= 4 is 21.7 Å². The second-order valence-corrected chi connectivity index (χ2v) is 5.38. The van der Waals surface area contributed by atoms with E-state index in [0.29, 0.717) is 5.82 Å². The summed E-state index contributed by atoms with van der Waals surface area (Å²) in [6.07, 6.45) is 2.80. The maximum atomic E-state index is 5.42. The molecule has 1 N–H and O–H groups in total.